The SMILES string of the molecule is COc1cccc(CN(C(=O)CN(c2ccc(Cl)c(C(F)(F)F)c2)S(=O)(=O)c2ccc(C)cc2)[C@H](Cc2ccccc2)C(=O)NCC(C)C)c1. The van der Waals surface area contributed by atoms with Crippen molar-refractivity contribution in [2.24, 2.45) is 5.92 Å². The van der Waals surface area contributed by atoms with Gasteiger partial charge < -0.3 is 15.0 Å². The Bertz CT molecular complexity index is 1890. The van der Waals surface area contributed by atoms with Gasteiger partial charge in [0.15, 0.2) is 0 Å². The first-order chi connectivity index (χ1) is 23.6. The number of carbonyl (C=O) groups excluding carboxylic acids is 2. The van der Waals surface area contributed by atoms with Gasteiger partial charge in [0.25, 0.3) is 10.0 Å². The number of benzene rings is 4. The van der Waals surface area contributed by atoms with Crippen LogP contribution in [0.3, 0.4) is 0 Å². The van der Waals surface area contributed by atoms with E-state index in [4.69, 9.17) is 16.3 Å². The molecular weight excluding hydrogens is 691 g/mol. The van der Waals surface area contributed by atoms with Crippen molar-refractivity contribution in [2.45, 2.75) is 50.9 Å². The molecule has 8 nitrogen and oxygen atoms in total. The van der Waals surface area contributed by atoms with Crippen LogP contribution in [0.5, 0.6) is 5.75 Å². The Morgan fingerprint density at radius 3 is 2.18 bits per heavy atom. The second-order valence-electron chi connectivity index (χ2n) is 12.2. The van der Waals surface area contributed by atoms with Crippen LogP contribution in [-0.2, 0) is 38.8 Å². The van der Waals surface area contributed by atoms with Gasteiger partial charge in [0.2, 0.25) is 11.8 Å². The van der Waals surface area contributed by atoms with Gasteiger partial charge in [-0.2, -0.15) is 13.2 Å². The van der Waals surface area contributed by atoms with E-state index in [9.17, 15) is 31.2 Å². The Hall–Kier alpha value is -4.55. The smallest absolute Gasteiger partial charge is 0.417 e. The van der Waals surface area contributed by atoms with Crippen molar-refractivity contribution >= 4 is 39.1 Å². The van der Waals surface area contributed by atoms with Crippen LogP contribution in [0, 0.1) is 12.8 Å². The molecule has 4 rings (SSSR count). The van der Waals surface area contributed by atoms with Gasteiger partial charge in [-0.1, -0.05) is 85.6 Å². The average molecular weight is 730 g/mol. The summed E-state index contributed by atoms with van der Waals surface area (Å²) in [7, 11) is -3.15. The third kappa shape index (κ3) is 9.79. The highest BCUT2D eigenvalue weighted by molar-refractivity contribution is 7.92. The molecule has 0 radical (unpaired) electrons. The summed E-state index contributed by atoms with van der Waals surface area (Å²) in [5, 5.41) is 2.26. The lowest BCUT2D eigenvalue weighted by Gasteiger charge is -2.34. The van der Waals surface area contributed by atoms with Crippen molar-refractivity contribution in [3.63, 3.8) is 0 Å². The summed E-state index contributed by atoms with van der Waals surface area (Å²) in [4.78, 5) is 29.5. The van der Waals surface area contributed by atoms with Gasteiger partial charge in [-0.25, -0.2) is 8.42 Å². The summed E-state index contributed by atoms with van der Waals surface area (Å²) in [5.41, 5.74) is 0.360. The van der Waals surface area contributed by atoms with E-state index in [0.29, 0.717) is 28.2 Å². The van der Waals surface area contributed by atoms with Crippen LogP contribution in [0.4, 0.5) is 18.9 Å². The number of ether oxygens (including phenoxy) is 1. The number of hydrogen-bond donors (Lipinski definition) is 1. The number of halogens is 4. The maximum Gasteiger partial charge on any atom is 0.417 e. The third-order valence-corrected chi connectivity index (χ3v) is 9.99. The summed E-state index contributed by atoms with van der Waals surface area (Å²) in [5.74, 6) is -0.727. The molecule has 4 aromatic carbocycles. The lowest BCUT2D eigenvalue weighted by atomic mass is 10.0. The van der Waals surface area contributed by atoms with Crippen LogP contribution in [0.25, 0.3) is 0 Å². The molecule has 0 aromatic heterocycles. The standard InChI is InChI=1S/C37H39ClF3N3O5S/c1-25(2)22-42-36(46)34(20-27-9-6-5-7-10-27)43(23-28-11-8-12-30(19-28)49-4)35(45)24-44(50(47,48)31-16-13-26(3)14-17-31)29-15-18-33(38)32(21-29)37(39,40)41/h5-19,21,25,34H,20,22-24H2,1-4H3,(H,42,46)/t34-/m1/s1. The predicted molar refractivity (Wildman–Crippen MR) is 187 cm³/mol. The van der Waals surface area contributed by atoms with E-state index in [-0.39, 0.29) is 23.8 Å². The molecule has 0 unspecified atom stereocenters. The fourth-order valence-corrected chi connectivity index (χ4v) is 6.83. The summed E-state index contributed by atoms with van der Waals surface area (Å²) >= 11 is 5.89. The lowest BCUT2D eigenvalue weighted by Crippen LogP contribution is -2.53. The molecule has 0 bridgehead atoms. The van der Waals surface area contributed by atoms with E-state index in [1.807, 2.05) is 19.9 Å². The molecule has 13 heteroatoms. The Morgan fingerprint density at radius 2 is 1.56 bits per heavy atom. The Labute approximate surface area is 295 Å². The van der Waals surface area contributed by atoms with Crippen molar-refractivity contribution in [3.05, 3.63) is 124 Å². The maximum atomic E-state index is 14.6. The molecule has 0 aliphatic heterocycles. The number of sulfonamides is 1. The van der Waals surface area contributed by atoms with E-state index >= 15 is 0 Å². The fourth-order valence-electron chi connectivity index (χ4n) is 5.20. The molecule has 1 atom stereocenters. The second-order valence-corrected chi connectivity index (χ2v) is 14.5. The normalized spacial score (nSPS) is 12.3. The molecule has 0 saturated carbocycles. The second kappa shape index (κ2) is 16.4. The summed E-state index contributed by atoms with van der Waals surface area (Å²) in [6.07, 6.45) is -4.84. The molecule has 0 spiro atoms. The molecule has 0 saturated heterocycles. The molecule has 0 aliphatic rings. The van der Waals surface area contributed by atoms with E-state index in [0.717, 1.165) is 23.3 Å². The number of nitrogens with one attached hydrogen (secondary N) is 1. The molecule has 0 fully saturated rings. The van der Waals surface area contributed by atoms with Crippen molar-refractivity contribution in [2.75, 3.05) is 24.5 Å². The number of anilines is 1. The topological polar surface area (TPSA) is 96.0 Å². The highest BCUT2D eigenvalue weighted by Crippen LogP contribution is 2.38. The van der Waals surface area contributed by atoms with Crippen molar-refractivity contribution < 1.29 is 35.9 Å². The van der Waals surface area contributed by atoms with Gasteiger partial charge in [-0.15, -0.1) is 0 Å². The highest BCUT2D eigenvalue weighted by atomic mass is 35.5. The van der Waals surface area contributed by atoms with Crippen LogP contribution in [0.15, 0.2) is 102 Å². The van der Waals surface area contributed by atoms with Crippen LogP contribution >= 0.6 is 11.6 Å². The van der Waals surface area contributed by atoms with E-state index in [1.54, 1.807) is 67.6 Å². The third-order valence-electron chi connectivity index (χ3n) is 7.87. The van der Waals surface area contributed by atoms with Crippen LogP contribution in [0.2, 0.25) is 5.02 Å². The van der Waals surface area contributed by atoms with Gasteiger partial charge in [0.05, 0.1) is 28.3 Å². The van der Waals surface area contributed by atoms with Crippen LogP contribution < -0.4 is 14.4 Å². The molecule has 4 aromatic rings. The van der Waals surface area contributed by atoms with Crippen LogP contribution in [0.1, 0.15) is 36.1 Å². The minimum atomic E-state index is -4.91. The van der Waals surface area contributed by atoms with Crippen LogP contribution in [-0.4, -0.2) is 51.4 Å². The number of aryl methyl sites for hydroxylation is 1. The van der Waals surface area contributed by atoms with Gasteiger partial charge in [-0.05, 0) is 66.4 Å². The highest BCUT2D eigenvalue weighted by Gasteiger charge is 2.37. The van der Waals surface area contributed by atoms with E-state index < -0.39 is 56.9 Å². The quantitative estimate of drug-likeness (QED) is 0.147. The Balaban J connectivity index is 1.87. The minimum absolute atomic E-state index is 0.0738. The zero-order valence-electron chi connectivity index (χ0n) is 28.1. The maximum absolute atomic E-state index is 14.6. The number of carbonyl (C=O) groups is 2. The van der Waals surface area contributed by atoms with Crippen molar-refractivity contribution in [1.29, 1.82) is 0 Å². The lowest BCUT2D eigenvalue weighted by molar-refractivity contribution is -0.140. The number of rotatable bonds is 14. The molecule has 266 valence electrons. The largest absolute Gasteiger partial charge is 0.497 e. The Morgan fingerprint density at radius 1 is 0.900 bits per heavy atom. The summed E-state index contributed by atoms with van der Waals surface area (Å²) in [6, 6.07) is 23.1. The average Bonchev–Trinajstić information content (AvgIpc) is 3.08. The first kappa shape index (κ1) is 38.3. The number of alkyl halides is 3. The minimum Gasteiger partial charge on any atom is -0.497 e. The molecule has 50 heavy (non-hydrogen) atoms. The first-order valence-electron chi connectivity index (χ1n) is 15.8. The van der Waals surface area contributed by atoms with E-state index in [2.05, 4.69) is 5.32 Å². The van der Waals surface area contributed by atoms with E-state index in [1.165, 1.54) is 24.1 Å². The van der Waals surface area contributed by atoms with Crippen molar-refractivity contribution in [3.8, 4) is 5.75 Å². The zero-order valence-corrected chi connectivity index (χ0v) is 29.6. The molecule has 0 heterocycles. The number of amides is 2. The van der Waals surface area contributed by atoms with Gasteiger partial charge >= 0.3 is 6.18 Å². The molecule has 2 amide bonds. The molecule has 1 N–H and O–H groups in total. The van der Waals surface area contributed by atoms with Gasteiger partial charge in [0, 0.05) is 19.5 Å². The number of hydrogen-bond acceptors (Lipinski definition) is 5. The number of methoxy groups -OCH3 is 1. The molecule has 0 aliphatic carbocycles. The van der Waals surface area contributed by atoms with Gasteiger partial charge in [0.1, 0.15) is 18.3 Å². The fraction of sp³-hybridized carbons (Fsp3) is 0.297. The summed E-state index contributed by atoms with van der Waals surface area (Å²) < 4.78 is 76.4. The first-order valence-corrected chi connectivity index (χ1v) is 17.6. The molecular formula is C37H39ClF3N3O5S. The summed E-state index contributed by atoms with van der Waals surface area (Å²) in [6.45, 7) is 4.82. The zero-order chi connectivity index (χ0) is 36.6. The monoisotopic (exact) mass is 729 g/mol. The number of nitrogens with zero attached hydrogens (tertiary/aromatic N) is 2. The van der Waals surface area contributed by atoms with Crippen molar-refractivity contribution in [1.82, 2.24) is 10.2 Å². The predicted octanol–water partition coefficient (Wildman–Crippen LogP) is 7.28. The Kier molecular flexibility index (Phi) is 12.6. The van der Waals surface area contributed by atoms with Gasteiger partial charge in [-0.3, -0.25) is 13.9 Å².